The van der Waals surface area contributed by atoms with E-state index in [1.807, 2.05) is 6.07 Å². The fourth-order valence-corrected chi connectivity index (χ4v) is 2.64. The molecule has 96 valence electrons. The Bertz CT molecular complexity index is 335. The van der Waals surface area contributed by atoms with Crippen LogP contribution in [0.5, 0.6) is 5.75 Å². The topological polar surface area (TPSA) is 20.2 Å². The first-order valence-electron chi connectivity index (χ1n) is 7.00. The fraction of sp³-hybridized carbons (Fsp3) is 0.625. The van der Waals surface area contributed by atoms with E-state index >= 15 is 0 Å². The van der Waals surface area contributed by atoms with Crippen LogP contribution in [0.1, 0.15) is 76.3 Å². The molecule has 0 aliphatic heterocycles. The molecule has 0 heterocycles. The van der Waals surface area contributed by atoms with Gasteiger partial charge in [-0.25, -0.2) is 0 Å². The number of aromatic hydroxyl groups is 1. The number of rotatable bonds is 6. The van der Waals surface area contributed by atoms with Gasteiger partial charge in [-0.15, -0.1) is 0 Å². The third-order valence-electron chi connectivity index (χ3n) is 3.93. The molecule has 0 fully saturated rings. The first kappa shape index (κ1) is 14.1. The molecule has 0 aliphatic carbocycles. The van der Waals surface area contributed by atoms with Gasteiger partial charge < -0.3 is 5.11 Å². The highest BCUT2D eigenvalue weighted by Gasteiger charge is 2.15. The lowest BCUT2D eigenvalue weighted by atomic mass is 9.87. The minimum atomic E-state index is 0.466. The van der Waals surface area contributed by atoms with Gasteiger partial charge in [-0.1, -0.05) is 39.8 Å². The molecule has 0 spiro atoms. The molecule has 1 rings (SSSR count). The number of hydrogen-bond donors (Lipinski definition) is 1. The van der Waals surface area contributed by atoms with Crippen LogP contribution in [0.4, 0.5) is 0 Å². The highest BCUT2D eigenvalue weighted by molar-refractivity contribution is 5.40. The molecule has 0 saturated carbocycles. The van der Waals surface area contributed by atoms with Crippen molar-refractivity contribution in [3.05, 3.63) is 29.3 Å². The van der Waals surface area contributed by atoms with Crippen LogP contribution >= 0.6 is 0 Å². The summed E-state index contributed by atoms with van der Waals surface area (Å²) in [5.74, 6) is 1.58. The zero-order valence-electron chi connectivity index (χ0n) is 11.7. The van der Waals surface area contributed by atoms with E-state index < -0.39 is 0 Å². The summed E-state index contributed by atoms with van der Waals surface area (Å²) in [6.07, 6.45) is 4.53. The molecule has 1 nitrogen and oxygen atoms in total. The molecule has 1 aromatic carbocycles. The summed E-state index contributed by atoms with van der Waals surface area (Å²) < 4.78 is 0. The van der Waals surface area contributed by atoms with Crippen molar-refractivity contribution in [2.45, 2.75) is 65.2 Å². The fourth-order valence-electron chi connectivity index (χ4n) is 2.64. The van der Waals surface area contributed by atoms with E-state index in [0.29, 0.717) is 17.6 Å². The number of hydrogen-bond acceptors (Lipinski definition) is 1. The quantitative estimate of drug-likeness (QED) is 0.717. The highest BCUT2D eigenvalue weighted by Crippen LogP contribution is 2.34. The van der Waals surface area contributed by atoms with Gasteiger partial charge >= 0.3 is 0 Å². The van der Waals surface area contributed by atoms with Crippen molar-refractivity contribution in [2.24, 2.45) is 0 Å². The van der Waals surface area contributed by atoms with Gasteiger partial charge in [0, 0.05) is 0 Å². The van der Waals surface area contributed by atoms with Crippen molar-refractivity contribution >= 4 is 0 Å². The lowest BCUT2D eigenvalue weighted by molar-refractivity contribution is 0.456. The molecule has 0 aromatic heterocycles. The van der Waals surface area contributed by atoms with Gasteiger partial charge in [0.15, 0.2) is 0 Å². The Balaban J connectivity index is 3.09. The van der Waals surface area contributed by atoms with Crippen molar-refractivity contribution in [1.82, 2.24) is 0 Å². The highest BCUT2D eigenvalue weighted by atomic mass is 16.3. The second-order valence-corrected chi connectivity index (χ2v) is 4.85. The minimum absolute atomic E-state index is 0.466. The summed E-state index contributed by atoms with van der Waals surface area (Å²) in [5, 5.41) is 9.99. The van der Waals surface area contributed by atoms with E-state index in [1.54, 1.807) is 0 Å². The molecule has 0 unspecified atom stereocenters. The average Bonchev–Trinajstić information content (AvgIpc) is 2.35. The van der Waals surface area contributed by atoms with Gasteiger partial charge in [-0.05, 0) is 54.7 Å². The molecule has 1 aromatic rings. The van der Waals surface area contributed by atoms with E-state index in [2.05, 4.69) is 39.8 Å². The first-order valence-corrected chi connectivity index (χ1v) is 7.00. The normalized spacial score (nSPS) is 11.4. The van der Waals surface area contributed by atoms with Gasteiger partial charge in [0.1, 0.15) is 5.75 Å². The Labute approximate surface area is 106 Å². The van der Waals surface area contributed by atoms with Gasteiger partial charge in [-0.3, -0.25) is 0 Å². The molecule has 0 amide bonds. The molecule has 1 N–H and O–H groups in total. The minimum Gasteiger partial charge on any atom is -0.508 e. The zero-order valence-corrected chi connectivity index (χ0v) is 11.7. The summed E-state index contributed by atoms with van der Waals surface area (Å²) in [7, 11) is 0. The monoisotopic (exact) mass is 234 g/mol. The summed E-state index contributed by atoms with van der Waals surface area (Å²) in [6.45, 7) is 8.85. The van der Waals surface area contributed by atoms with Crippen LogP contribution < -0.4 is 0 Å². The zero-order chi connectivity index (χ0) is 12.8. The molecule has 0 aliphatic rings. The Morgan fingerprint density at radius 1 is 0.882 bits per heavy atom. The van der Waals surface area contributed by atoms with Gasteiger partial charge in [0.25, 0.3) is 0 Å². The Hall–Kier alpha value is -0.980. The van der Waals surface area contributed by atoms with Crippen LogP contribution in [0.3, 0.4) is 0 Å². The van der Waals surface area contributed by atoms with Crippen LogP contribution in [0, 0.1) is 0 Å². The lowest BCUT2D eigenvalue weighted by Gasteiger charge is -2.19. The molecule has 0 radical (unpaired) electrons. The largest absolute Gasteiger partial charge is 0.508 e. The van der Waals surface area contributed by atoms with Crippen LogP contribution in [-0.4, -0.2) is 5.11 Å². The maximum absolute atomic E-state index is 9.99. The third kappa shape index (κ3) is 3.24. The van der Waals surface area contributed by atoms with E-state index in [9.17, 15) is 5.11 Å². The molecule has 0 saturated heterocycles. The van der Waals surface area contributed by atoms with Gasteiger partial charge in [0.05, 0.1) is 0 Å². The summed E-state index contributed by atoms with van der Waals surface area (Å²) in [6, 6.07) is 6.19. The van der Waals surface area contributed by atoms with E-state index in [-0.39, 0.29) is 0 Å². The molecule has 0 atom stereocenters. The van der Waals surface area contributed by atoms with Crippen molar-refractivity contribution in [1.29, 1.82) is 0 Å². The predicted molar refractivity (Wildman–Crippen MR) is 74.8 cm³/mol. The maximum Gasteiger partial charge on any atom is 0.119 e. The smallest absolute Gasteiger partial charge is 0.119 e. The first-order chi connectivity index (χ1) is 8.17. The Morgan fingerprint density at radius 3 is 1.88 bits per heavy atom. The van der Waals surface area contributed by atoms with Crippen molar-refractivity contribution in [3.8, 4) is 5.75 Å². The van der Waals surface area contributed by atoms with Crippen molar-refractivity contribution in [2.75, 3.05) is 0 Å². The SMILES string of the molecule is CCC(CC)c1ccc(O)c(C(CC)CC)c1. The molecule has 1 heteroatoms. The van der Waals surface area contributed by atoms with E-state index in [0.717, 1.165) is 18.4 Å². The Morgan fingerprint density at radius 2 is 1.41 bits per heavy atom. The summed E-state index contributed by atoms with van der Waals surface area (Å²) in [4.78, 5) is 0. The lowest BCUT2D eigenvalue weighted by Crippen LogP contribution is -2.01. The third-order valence-corrected chi connectivity index (χ3v) is 3.93. The van der Waals surface area contributed by atoms with Crippen molar-refractivity contribution in [3.63, 3.8) is 0 Å². The summed E-state index contributed by atoms with van der Waals surface area (Å²) in [5.41, 5.74) is 2.52. The van der Waals surface area contributed by atoms with Crippen LogP contribution in [0.15, 0.2) is 18.2 Å². The number of phenolic OH excluding ortho intramolecular Hbond substituents is 1. The van der Waals surface area contributed by atoms with Gasteiger partial charge in [-0.2, -0.15) is 0 Å². The predicted octanol–water partition coefficient (Wildman–Crippen LogP) is 5.20. The van der Waals surface area contributed by atoms with Crippen LogP contribution in [0.25, 0.3) is 0 Å². The average molecular weight is 234 g/mol. The number of benzene rings is 1. The molecular formula is C16H26O. The van der Waals surface area contributed by atoms with Crippen LogP contribution in [-0.2, 0) is 0 Å². The standard InChI is InChI=1S/C16H26O/c1-5-12(6-2)14-9-10-16(17)15(11-14)13(7-3)8-4/h9-13,17H,5-8H2,1-4H3. The van der Waals surface area contributed by atoms with E-state index in [4.69, 9.17) is 0 Å². The second-order valence-electron chi connectivity index (χ2n) is 4.85. The maximum atomic E-state index is 9.99. The Kier molecular flexibility index (Phi) is 5.54. The molecule has 17 heavy (non-hydrogen) atoms. The van der Waals surface area contributed by atoms with Crippen molar-refractivity contribution < 1.29 is 5.11 Å². The molecule has 0 bridgehead atoms. The molecular weight excluding hydrogens is 208 g/mol. The van der Waals surface area contributed by atoms with Crippen LogP contribution in [0.2, 0.25) is 0 Å². The van der Waals surface area contributed by atoms with Gasteiger partial charge in [0.2, 0.25) is 0 Å². The summed E-state index contributed by atoms with van der Waals surface area (Å²) >= 11 is 0. The second kappa shape index (κ2) is 6.68. The number of phenols is 1. The van der Waals surface area contributed by atoms with E-state index in [1.165, 1.54) is 18.4 Å².